The average molecular weight is 316 g/mol. The lowest BCUT2D eigenvalue weighted by Gasteiger charge is -2.20. The minimum Gasteiger partial charge on any atom is -0.322 e. The molecule has 0 aromatic heterocycles. The molecule has 120 valence electrons. The first kappa shape index (κ1) is 15.6. The third-order valence-electron chi connectivity index (χ3n) is 4.16. The lowest BCUT2D eigenvalue weighted by atomic mass is 10.1. The Bertz CT molecular complexity index is 733. The SMILES string of the molecule is C[C@H](N[C@H]1CCc2ccccc21)C(=O)Nc1cc(F)ccc1F. The number of carbonyl (C=O) groups excluding carboxylic acids is 1. The molecule has 2 aromatic carbocycles. The Kier molecular flexibility index (Phi) is 4.39. The molecule has 0 radical (unpaired) electrons. The summed E-state index contributed by atoms with van der Waals surface area (Å²) in [6.07, 6.45) is 1.89. The number of carbonyl (C=O) groups is 1. The van der Waals surface area contributed by atoms with Gasteiger partial charge >= 0.3 is 0 Å². The third-order valence-corrected chi connectivity index (χ3v) is 4.16. The second-order valence-corrected chi connectivity index (χ2v) is 5.79. The van der Waals surface area contributed by atoms with Gasteiger partial charge in [0.1, 0.15) is 11.6 Å². The van der Waals surface area contributed by atoms with E-state index in [4.69, 9.17) is 0 Å². The van der Waals surface area contributed by atoms with Gasteiger partial charge in [-0.05, 0) is 43.0 Å². The van der Waals surface area contributed by atoms with Crippen molar-refractivity contribution in [2.45, 2.75) is 31.8 Å². The molecule has 1 amide bonds. The number of rotatable bonds is 4. The largest absolute Gasteiger partial charge is 0.322 e. The van der Waals surface area contributed by atoms with Crippen molar-refractivity contribution in [3.63, 3.8) is 0 Å². The van der Waals surface area contributed by atoms with Crippen LogP contribution in [0.25, 0.3) is 0 Å². The van der Waals surface area contributed by atoms with Gasteiger partial charge in [-0.25, -0.2) is 8.78 Å². The molecule has 3 nitrogen and oxygen atoms in total. The first-order valence-electron chi connectivity index (χ1n) is 7.64. The number of benzene rings is 2. The van der Waals surface area contributed by atoms with Crippen molar-refractivity contribution in [3.05, 3.63) is 65.2 Å². The quantitative estimate of drug-likeness (QED) is 0.905. The number of aryl methyl sites for hydroxylation is 1. The summed E-state index contributed by atoms with van der Waals surface area (Å²) in [5.74, 6) is -1.64. The summed E-state index contributed by atoms with van der Waals surface area (Å²) in [6.45, 7) is 1.72. The number of fused-ring (bicyclic) bond motifs is 1. The number of amides is 1. The predicted molar refractivity (Wildman–Crippen MR) is 85.1 cm³/mol. The van der Waals surface area contributed by atoms with Crippen molar-refractivity contribution < 1.29 is 13.6 Å². The second-order valence-electron chi connectivity index (χ2n) is 5.79. The summed E-state index contributed by atoms with van der Waals surface area (Å²) >= 11 is 0. The zero-order valence-electron chi connectivity index (χ0n) is 12.8. The standard InChI is InChI=1S/C18H18F2N2O/c1-11(18(23)22-17-10-13(19)7-8-15(17)20)21-16-9-6-12-4-2-3-5-14(12)16/h2-5,7-8,10-11,16,21H,6,9H2,1H3,(H,22,23)/t11-,16-/m0/s1. The van der Waals surface area contributed by atoms with Gasteiger partial charge in [0.15, 0.2) is 0 Å². The van der Waals surface area contributed by atoms with Crippen LogP contribution in [-0.4, -0.2) is 11.9 Å². The molecule has 0 saturated heterocycles. The van der Waals surface area contributed by atoms with E-state index in [0.717, 1.165) is 31.0 Å². The Labute approximate surface area is 133 Å². The second kappa shape index (κ2) is 6.46. The van der Waals surface area contributed by atoms with Gasteiger partial charge in [-0.3, -0.25) is 10.1 Å². The molecule has 1 aliphatic rings. The van der Waals surface area contributed by atoms with E-state index < -0.39 is 17.7 Å². The molecule has 0 bridgehead atoms. The van der Waals surface area contributed by atoms with Gasteiger partial charge < -0.3 is 5.32 Å². The average Bonchev–Trinajstić information content (AvgIpc) is 2.94. The maximum Gasteiger partial charge on any atom is 0.241 e. The molecule has 23 heavy (non-hydrogen) atoms. The van der Waals surface area contributed by atoms with Crippen molar-refractivity contribution in [2.75, 3.05) is 5.32 Å². The first-order valence-corrected chi connectivity index (χ1v) is 7.64. The molecule has 0 spiro atoms. The molecule has 0 heterocycles. The van der Waals surface area contributed by atoms with E-state index in [1.165, 1.54) is 11.1 Å². The van der Waals surface area contributed by atoms with Crippen LogP contribution in [0.2, 0.25) is 0 Å². The van der Waals surface area contributed by atoms with Crippen LogP contribution in [0.3, 0.4) is 0 Å². The van der Waals surface area contributed by atoms with Crippen molar-refractivity contribution in [1.82, 2.24) is 5.32 Å². The van der Waals surface area contributed by atoms with Crippen LogP contribution in [0.1, 0.15) is 30.5 Å². The van der Waals surface area contributed by atoms with E-state index in [-0.39, 0.29) is 17.6 Å². The van der Waals surface area contributed by atoms with Crippen LogP contribution in [0.5, 0.6) is 0 Å². The van der Waals surface area contributed by atoms with E-state index >= 15 is 0 Å². The normalized spacial score (nSPS) is 17.6. The van der Waals surface area contributed by atoms with Crippen LogP contribution in [-0.2, 0) is 11.2 Å². The third kappa shape index (κ3) is 3.40. The van der Waals surface area contributed by atoms with E-state index in [1.54, 1.807) is 6.92 Å². The molecule has 0 aliphatic heterocycles. The van der Waals surface area contributed by atoms with Gasteiger partial charge in [-0.2, -0.15) is 0 Å². The fourth-order valence-corrected chi connectivity index (χ4v) is 2.94. The van der Waals surface area contributed by atoms with Gasteiger partial charge in [0.2, 0.25) is 5.91 Å². The van der Waals surface area contributed by atoms with E-state index in [1.807, 2.05) is 12.1 Å². The highest BCUT2D eigenvalue weighted by molar-refractivity contribution is 5.94. The zero-order chi connectivity index (χ0) is 16.4. The minimum atomic E-state index is -0.654. The highest BCUT2D eigenvalue weighted by Crippen LogP contribution is 2.31. The van der Waals surface area contributed by atoms with Gasteiger partial charge in [-0.15, -0.1) is 0 Å². The van der Waals surface area contributed by atoms with Crippen molar-refractivity contribution in [1.29, 1.82) is 0 Å². The van der Waals surface area contributed by atoms with Gasteiger partial charge in [0, 0.05) is 12.1 Å². The Hall–Kier alpha value is -2.27. The molecule has 5 heteroatoms. The van der Waals surface area contributed by atoms with Crippen LogP contribution in [0, 0.1) is 11.6 Å². The van der Waals surface area contributed by atoms with E-state index in [9.17, 15) is 13.6 Å². The van der Waals surface area contributed by atoms with Crippen molar-refractivity contribution >= 4 is 11.6 Å². The summed E-state index contributed by atoms with van der Waals surface area (Å²) in [6, 6.07) is 10.7. The van der Waals surface area contributed by atoms with E-state index in [2.05, 4.69) is 22.8 Å². The Balaban J connectivity index is 1.66. The summed E-state index contributed by atoms with van der Waals surface area (Å²) < 4.78 is 26.8. The molecular weight excluding hydrogens is 298 g/mol. The number of halogens is 2. The highest BCUT2D eigenvalue weighted by atomic mass is 19.1. The summed E-state index contributed by atoms with van der Waals surface area (Å²) in [5.41, 5.74) is 2.34. The summed E-state index contributed by atoms with van der Waals surface area (Å²) in [7, 11) is 0. The molecule has 2 aromatic rings. The minimum absolute atomic E-state index is 0.101. The number of hydrogen-bond acceptors (Lipinski definition) is 2. The Morgan fingerprint density at radius 2 is 2.00 bits per heavy atom. The molecule has 0 saturated carbocycles. The predicted octanol–water partition coefficient (Wildman–Crippen LogP) is 3.57. The zero-order valence-corrected chi connectivity index (χ0v) is 12.8. The highest BCUT2D eigenvalue weighted by Gasteiger charge is 2.25. The fraction of sp³-hybridized carbons (Fsp3) is 0.278. The van der Waals surface area contributed by atoms with Crippen LogP contribution >= 0.6 is 0 Å². The first-order chi connectivity index (χ1) is 11.0. The number of hydrogen-bond donors (Lipinski definition) is 2. The van der Waals surface area contributed by atoms with Crippen LogP contribution < -0.4 is 10.6 Å². The number of anilines is 1. The molecule has 0 unspecified atom stereocenters. The lowest BCUT2D eigenvalue weighted by Crippen LogP contribution is -2.39. The van der Waals surface area contributed by atoms with Crippen molar-refractivity contribution in [3.8, 4) is 0 Å². The molecular formula is C18H18F2N2O. The van der Waals surface area contributed by atoms with Crippen molar-refractivity contribution in [2.24, 2.45) is 0 Å². The Morgan fingerprint density at radius 3 is 2.83 bits per heavy atom. The molecule has 2 atom stereocenters. The molecule has 0 fully saturated rings. The van der Waals surface area contributed by atoms with Crippen LogP contribution in [0.4, 0.5) is 14.5 Å². The maximum absolute atomic E-state index is 13.6. The van der Waals surface area contributed by atoms with Gasteiger partial charge in [0.25, 0.3) is 0 Å². The van der Waals surface area contributed by atoms with Gasteiger partial charge in [-0.1, -0.05) is 24.3 Å². The van der Waals surface area contributed by atoms with E-state index in [0.29, 0.717) is 0 Å². The maximum atomic E-state index is 13.6. The summed E-state index contributed by atoms with van der Waals surface area (Å²) in [4.78, 5) is 12.2. The van der Waals surface area contributed by atoms with Crippen LogP contribution in [0.15, 0.2) is 42.5 Å². The summed E-state index contributed by atoms with van der Waals surface area (Å²) in [5, 5.41) is 5.69. The molecule has 3 rings (SSSR count). The molecule has 1 aliphatic carbocycles. The smallest absolute Gasteiger partial charge is 0.241 e. The van der Waals surface area contributed by atoms with Gasteiger partial charge in [0.05, 0.1) is 11.7 Å². The molecule has 2 N–H and O–H groups in total. The lowest BCUT2D eigenvalue weighted by molar-refractivity contribution is -0.118. The topological polar surface area (TPSA) is 41.1 Å². The Morgan fingerprint density at radius 1 is 1.22 bits per heavy atom. The number of nitrogens with one attached hydrogen (secondary N) is 2. The fourth-order valence-electron chi connectivity index (χ4n) is 2.94. The monoisotopic (exact) mass is 316 g/mol.